The molecule has 2 N–H and O–H groups in total. The Hall–Kier alpha value is -3.19. The van der Waals surface area contributed by atoms with Gasteiger partial charge >= 0.3 is 18.3 Å². The standard InChI is InChI=1S/C12H9FN2O2S.C10H9F6N/c1-18-12-14-6-8(11(16)17)10(15-12)7-4-2-3-5-9(7)13;1-17-5-6-2-7(9(11,12)13)4-8(3-6)10(14,15)16/h2-6H,1H3,(H,16,17);2-4,17H,5H2,1H3. The number of hydrogen-bond acceptors (Lipinski definition) is 5. The van der Waals surface area contributed by atoms with E-state index in [4.69, 9.17) is 5.11 Å². The van der Waals surface area contributed by atoms with Crippen molar-refractivity contribution < 1.29 is 40.6 Å². The van der Waals surface area contributed by atoms with Crippen molar-refractivity contribution in [3.8, 4) is 11.3 Å². The Labute approximate surface area is 199 Å². The summed E-state index contributed by atoms with van der Waals surface area (Å²) >= 11 is 1.27. The van der Waals surface area contributed by atoms with Gasteiger partial charge in [0.1, 0.15) is 11.4 Å². The lowest BCUT2D eigenvalue weighted by Gasteiger charge is -2.13. The third-order valence-electron chi connectivity index (χ3n) is 4.34. The molecule has 5 nitrogen and oxygen atoms in total. The Morgan fingerprint density at radius 3 is 2.06 bits per heavy atom. The summed E-state index contributed by atoms with van der Waals surface area (Å²) in [7, 11) is 1.44. The van der Waals surface area contributed by atoms with E-state index in [1.807, 2.05) is 0 Å². The molecule has 3 aromatic rings. The van der Waals surface area contributed by atoms with Crippen molar-refractivity contribution in [3.63, 3.8) is 0 Å². The number of halogens is 7. The number of thioether (sulfide) groups is 1. The molecule has 0 atom stereocenters. The van der Waals surface area contributed by atoms with Crippen molar-refractivity contribution in [2.24, 2.45) is 0 Å². The highest BCUT2D eigenvalue weighted by Crippen LogP contribution is 2.36. The van der Waals surface area contributed by atoms with Crippen molar-refractivity contribution in [3.05, 3.63) is 76.7 Å². The molecule has 0 bridgehead atoms. The van der Waals surface area contributed by atoms with E-state index >= 15 is 0 Å². The molecule has 3 rings (SSSR count). The number of carboxylic acids is 1. The minimum Gasteiger partial charge on any atom is -0.478 e. The first-order chi connectivity index (χ1) is 16.3. The number of alkyl halides is 6. The summed E-state index contributed by atoms with van der Waals surface area (Å²) in [6.45, 7) is -0.0625. The molecule has 0 fully saturated rings. The van der Waals surface area contributed by atoms with Crippen LogP contribution in [0.25, 0.3) is 11.3 Å². The normalized spacial score (nSPS) is 11.6. The monoisotopic (exact) mass is 521 g/mol. The van der Waals surface area contributed by atoms with Crippen LogP contribution in [-0.2, 0) is 18.9 Å². The van der Waals surface area contributed by atoms with Crippen LogP contribution in [0.4, 0.5) is 30.7 Å². The summed E-state index contributed by atoms with van der Waals surface area (Å²) in [4.78, 5) is 19.1. The highest BCUT2D eigenvalue weighted by Gasteiger charge is 2.36. The Bertz CT molecular complexity index is 1150. The lowest BCUT2D eigenvalue weighted by molar-refractivity contribution is -0.143. The van der Waals surface area contributed by atoms with Crippen LogP contribution >= 0.6 is 11.8 Å². The number of benzene rings is 2. The van der Waals surface area contributed by atoms with Gasteiger partial charge in [0.2, 0.25) is 0 Å². The van der Waals surface area contributed by atoms with Gasteiger partial charge in [0.05, 0.1) is 16.8 Å². The maximum Gasteiger partial charge on any atom is 0.416 e. The van der Waals surface area contributed by atoms with Gasteiger partial charge in [-0.05, 0) is 49.2 Å². The fraction of sp³-hybridized carbons (Fsp3) is 0.227. The summed E-state index contributed by atoms with van der Waals surface area (Å²) in [6, 6.07) is 7.44. The number of aromatic carboxylic acids is 1. The van der Waals surface area contributed by atoms with Crippen molar-refractivity contribution in [2.45, 2.75) is 24.1 Å². The van der Waals surface area contributed by atoms with E-state index in [0.717, 1.165) is 0 Å². The molecule has 0 radical (unpaired) electrons. The van der Waals surface area contributed by atoms with Gasteiger partial charge in [-0.15, -0.1) is 0 Å². The van der Waals surface area contributed by atoms with E-state index in [1.165, 1.54) is 43.2 Å². The highest BCUT2D eigenvalue weighted by molar-refractivity contribution is 7.98. The molecule has 0 amide bonds. The Kier molecular flexibility index (Phi) is 9.21. The Balaban J connectivity index is 0.000000247. The Morgan fingerprint density at radius 1 is 1.03 bits per heavy atom. The van der Waals surface area contributed by atoms with Crippen LogP contribution in [0.3, 0.4) is 0 Å². The zero-order chi connectivity index (χ0) is 26.4. The third kappa shape index (κ3) is 7.65. The molecule has 2 aromatic carbocycles. The predicted molar refractivity (Wildman–Crippen MR) is 115 cm³/mol. The van der Waals surface area contributed by atoms with Crippen LogP contribution in [0.2, 0.25) is 0 Å². The van der Waals surface area contributed by atoms with E-state index in [1.54, 1.807) is 12.3 Å². The van der Waals surface area contributed by atoms with Gasteiger partial charge in [-0.25, -0.2) is 19.2 Å². The topological polar surface area (TPSA) is 75.1 Å². The summed E-state index contributed by atoms with van der Waals surface area (Å²) < 4.78 is 88.0. The maximum absolute atomic E-state index is 13.7. The van der Waals surface area contributed by atoms with Crippen molar-refractivity contribution in [2.75, 3.05) is 13.3 Å². The zero-order valence-electron chi connectivity index (χ0n) is 18.1. The molecule has 0 aliphatic heterocycles. The lowest BCUT2D eigenvalue weighted by Crippen LogP contribution is -2.14. The molecule has 0 aliphatic carbocycles. The first-order valence-corrected chi connectivity index (χ1v) is 10.8. The van der Waals surface area contributed by atoms with Crippen LogP contribution in [0.15, 0.2) is 53.8 Å². The first-order valence-electron chi connectivity index (χ1n) is 9.60. The summed E-state index contributed by atoms with van der Waals surface area (Å²) in [5.74, 6) is -1.69. The number of carboxylic acid groups (broad SMARTS) is 1. The summed E-state index contributed by atoms with van der Waals surface area (Å²) in [5.41, 5.74) is -2.50. The van der Waals surface area contributed by atoms with Crippen molar-refractivity contribution in [1.29, 1.82) is 0 Å². The Morgan fingerprint density at radius 2 is 1.60 bits per heavy atom. The molecule has 0 unspecified atom stereocenters. The van der Waals surface area contributed by atoms with Crippen LogP contribution in [0.5, 0.6) is 0 Å². The van der Waals surface area contributed by atoms with E-state index in [-0.39, 0.29) is 35.0 Å². The van der Waals surface area contributed by atoms with Crippen LogP contribution in [0, 0.1) is 5.82 Å². The number of carbonyl (C=O) groups is 1. The SMILES string of the molecule is CNCc1cc(C(F)(F)F)cc(C(F)(F)F)c1.CSc1ncc(C(=O)O)c(-c2ccccc2F)n1. The number of hydrogen-bond donors (Lipinski definition) is 2. The minimum atomic E-state index is -4.79. The molecule has 0 aliphatic rings. The van der Waals surface area contributed by atoms with Crippen LogP contribution < -0.4 is 5.32 Å². The average Bonchev–Trinajstić information content (AvgIpc) is 2.78. The highest BCUT2D eigenvalue weighted by atomic mass is 32.2. The van der Waals surface area contributed by atoms with E-state index in [0.29, 0.717) is 17.3 Å². The second kappa shape index (κ2) is 11.5. The molecule has 0 saturated carbocycles. The molecular formula is C22H18F7N3O2S. The predicted octanol–water partition coefficient (Wildman–Crippen LogP) is 6.15. The van der Waals surface area contributed by atoms with Crippen LogP contribution in [-0.4, -0.2) is 34.3 Å². The summed E-state index contributed by atoms with van der Waals surface area (Å²) in [5, 5.41) is 12.0. The van der Waals surface area contributed by atoms with Gasteiger partial charge in [-0.3, -0.25) is 0 Å². The van der Waals surface area contributed by atoms with Gasteiger partial charge in [-0.1, -0.05) is 23.9 Å². The number of nitrogens with one attached hydrogen (secondary N) is 1. The van der Waals surface area contributed by atoms with E-state index in [9.17, 15) is 35.5 Å². The molecule has 0 spiro atoms. The largest absolute Gasteiger partial charge is 0.478 e. The molecule has 0 saturated heterocycles. The van der Waals surface area contributed by atoms with E-state index < -0.39 is 35.3 Å². The average molecular weight is 521 g/mol. The van der Waals surface area contributed by atoms with Gasteiger partial charge in [0, 0.05) is 18.3 Å². The van der Waals surface area contributed by atoms with Crippen LogP contribution in [0.1, 0.15) is 27.0 Å². The molecule has 1 aromatic heterocycles. The fourth-order valence-electron chi connectivity index (χ4n) is 2.80. The van der Waals surface area contributed by atoms with Gasteiger partial charge < -0.3 is 10.4 Å². The number of rotatable bonds is 5. The quantitative estimate of drug-likeness (QED) is 0.239. The molecule has 35 heavy (non-hydrogen) atoms. The van der Waals surface area contributed by atoms with Crippen molar-refractivity contribution in [1.82, 2.24) is 15.3 Å². The van der Waals surface area contributed by atoms with Gasteiger partial charge in [0.25, 0.3) is 0 Å². The minimum absolute atomic E-state index is 0.0605. The van der Waals surface area contributed by atoms with Gasteiger partial charge in [0.15, 0.2) is 5.16 Å². The van der Waals surface area contributed by atoms with Crippen molar-refractivity contribution >= 4 is 17.7 Å². The maximum atomic E-state index is 13.7. The second-order valence-electron chi connectivity index (χ2n) is 6.85. The zero-order valence-corrected chi connectivity index (χ0v) is 18.9. The lowest BCUT2D eigenvalue weighted by atomic mass is 10.0. The molecular weight excluding hydrogens is 503 g/mol. The summed E-state index contributed by atoms with van der Waals surface area (Å²) in [6.07, 6.45) is -6.61. The number of nitrogens with zero attached hydrogens (tertiary/aromatic N) is 2. The number of aromatic nitrogens is 2. The molecule has 1 heterocycles. The first kappa shape index (κ1) is 28.1. The smallest absolute Gasteiger partial charge is 0.416 e. The third-order valence-corrected chi connectivity index (χ3v) is 4.90. The van der Waals surface area contributed by atoms with Gasteiger partial charge in [-0.2, -0.15) is 26.3 Å². The molecule has 13 heteroatoms. The fourth-order valence-corrected chi connectivity index (χ4v) is 3.15. The molecule has 188 valence electrons. The second-order valence-corrected chi connectivity index (χ2v) is 7.62. The van der Waals surface area contributed by atoms with E-state index in [2.05, 4.69) is 15.3 Å².